The summed E-state index contributed by atoms with van der Waals surface area (Å²) in [6.07, 6.45) is 1.64. The van der Waals surface area contributed by atoms with Crippen LogP contribution in [0.3, 0.4) is 0 Å². The minimum absolute atomic E-state index is 0.0470. The number of halogens is 1. The van der Waals surface area contributed by atoms with E-state index in [4.69, 9.17) is 11.6 Å². The van der Waals surface area contributed by atoms with Crippen molar-refractivity contribution in [2.75, 3.05) is 11.4 Å². The van der Waals surface area contributed by atoms with Gasteiger partial charge in [0.1, 0.15) is 0 Å². The molecule has 0 radical (unpaired) electrons. The maximum atomic E-state index is 13.1. The van der Waals surface area contributed by atoms with Gasteiger partial charge in [-0.3, -0.25) is 14.2 Å². The van der Waals surface area contributed by atoms with Gasteiger partial charge in [-0.15, -0.1) is 6.58 Å². The van der Waals surface area contributed by atoms with Gasteiger partial charge in [-0.1, -0.05) is 47.6 Å². The number of hydrogen-bond donors (Lipinski definition) is 0. The molecule has 0 bridgehead atoms. The first-order chi connectivity index (χ1) is 14.0. The fraction of sp³-hybridized carbons (Fsp3) is 0.227. The molecule has 29 heavy (non-hydrogen) atoms. The normalized spacial score (nSPS) is 12.0. The highest BCUT2D eigenvalue weighted by molar-refractivity contribution is 8.00. The predicted octanol–water partition coefficient (Wildman–Crippen LogP) is 4.77. The number of allylic oxidation sites excluding steroid dienone is 1. The van der Waals surface area contributed by atoms with Crippen LogP contribution in [0.1, 0.15) is 13.8 Å². The van der Waals surface area contributed by atoms with E-state index < -0.39 is 5.25 Å². The number of thioether (sulfide) groups is 1. The molecule has 5 nitrogen and oxygen atoms in total. The Morgan fingerprint density at radius 2 is 2.03 bits per heavy atom. The molecule has 150 valence electrons. The quantitative estimate of drug-likeness (QED) is 0.309. The van der Waals surface area contributed by atoms with Crippen LogP contribution in [0.4, 0.5) is 5.69 Å². The van der Waals surface area contributed by atoms with Crippen molar-refractivity contribution < 1.29 is 4.79 Å². The fourth-order valence-corrected chi connectivity index (χ4v) is 4.20. The van der Waals surface area contributed by atoms with Crippen molar-refractivity contribution in [3.63, 3.8) is 0 Å². The highest BCUT2D eigenvalue weighted by atomic mass is 35.5. The van der Waals surface area contributed by atoms with Crippen molar-refractivity contribution in [1.29, 1.82) is 0 Å². The Labute approximate surface area is 179 Å². The first-order valence-corrected chi connectivity index (χ1v) is 10.6. The van der Waals surface area contributed by atoms with Gasteiger partial charge in [0.15, 0.2) is 5.16 Å². The highest BCUT2D eigenvalue weighted by Gasteiger charge is 2.24. The van der Waals surface area contributed by atoms with Crippen LogP contribution in [-0.4, -0.2) is 27.3 Å². The summed E-state index contributed by atoms with van der Waals surface area (Å²) in [6, 6.07) is 14.5. The van der Waals surface area contributed by atoms with E-state index in [0.29, 0.717) is 34.2 Å². The maximum Gasteiger partial charge on any atom is 0.262 e. The van der Waals surface area contributed by atoms with E-state index in [0.717, 1.165) is 5.69 Å². The number of carbonyl (C=O) groups is 1. The first-order valence-electron chi connectivity index (χ1n) is 9.30. The van der Waals surface area contributed by atoms with Gasteiger partial charge < -0.3 is 4.90 Å². The van der Waals surface area contributed by atoms with Crippen LogP contribution in [0.5, 0.6) is 0 Å². The van der Waals surface area contributed by atoms with Gasteiger partial charge in [0, 0.05) is 23.8 Å². The molecule has 1 heterocycles. The van der Waals surface area contributed by atoms with Crippen LogP contribution in [-0.2, 0) is 11.3 Å². The molecule has 3 aromatic rings. The number of benzene rings is 2. The summed E-state index contributed by atoms with van der Waals surface area (Å²) in [5, 5.41) is 1.02. The number of nitrogens with zero attached hydrogens (tertiary/aromatic N) is 3. The Hall–Kier alpha value is -2.57. The molecule has 0 N–H and O–H groups in total. The van der Waals surface area contributed by atoms with Crippen LogP contribution in [0.25, 0.3) is 10.9 Å². The van der Waals surface area contributed by atoms with Crippen molar-refractivity contribution in [2.45, 2.75) is 30.8 Å². The van der Waals surface area contributed by atoms with Crippen molar-refractivity contribution in [2.24, 2.45) is 0 Å². The lowest BCUT2D eigenvalue weighted by Crippen LogP contribution is -2.37. The Kier molecular flexibility index (Phi) is 6.77. The molecule has 0 aliphatic rings. The number of rotatable bonds is 7. The molecule has 7 heteroatoms. The van der Waals surface area contributed by atoms with E-state index in [1.807, 2.05) is 44.2 Å². The van der Waals surface area contributed by atoms with E-state index in [-0.39, 0.29) is 11.5 Å². The average Bonchev–Trinajstić information content (AvgIpc) is 2.72. The van der Waals surface area contributed by atoms with E-state index in [1.165, 1.54) is 16.3 Å². The summed E-state index contributed by atoms with van der Waals surface area (Å²) in [4.78, 5) is 32.4. The molecule has 3 rings (SSSR count). The zero-order valence-corrected chi connectivity index (χ0v) is 17.9. The first kappa shape index (κ1) is 21.1. The van der Waals surface area contributed by atoms with Crippen molar-refractivity contribution >= 4 is 45.9 Å². The lowest BCUT2D eigenvalue weighted by molar-refractivity contribution is -0.117. The van der Waals surface area contributed by atoms with Crippen LogP contribution in [0, 0.1) is 0 Å². The van der Waals surface area contributed by atoms with Gasteiger partial charge in [-0.25, -0.2) is 4.98 Å². The van der Waals surface area contributed by atoms with Crippen molar-refractivity contribution in [3.8, 4) is 0 Å². The second-order valence-corrected chi connectivity index (χ2v) is 8.18. The summed E-state index contributed by atoms with van der Waals surface area (Å²) < 4.78 is 1.54. The van der Waals surface area contributed by atoms with E-state index in [2.05, 4.69) is 11.6 Å². The van der Waals surface area contributed by atoms with Gasteiger partial charge in [-0.05, 0) is 44.2 Å². The molecular weight excluding hydrogens is 406 g/mol. The molecular formula is C22H22ClN3O2S. The van der Waals surface area contributed by atoms with Gasteiger partial charge >= 0.3 is 0 Å². The summed E-state index contributed by atoms with van der Waals surface area (Å²) in [5.41, 5.74) is 1.18. The maximum absolute atomic E-state index is 13.1. The smallest absolute Gasteiger partial charge is 0.262 e. The highest BCUT2D eigenvalue weighted by Crippen LogP contribution is 2.26. The largest absolute Gasteiger partial charge is 0.312 e. The van der Waals surface area contributed by atoms with Crippen molar-refractivity contribution in [1.82, 2.24) is 9.55 Å². The second-order valence-electron chi connectivity index (χ2n) is 6.44. The third-order valence-corrected chi connectivity index (χ3v) is 5.79. The number of carbonyl (C=O) groups excluding carboxylic acids is 1. The van der Waals surface area contributed by atoms with Crippen LogP contribution < -0.4 is 10.5 Å². The third kappa shape index (κ3) is 4.54. The van der Waals surface area contributed by atoms with Gasteiger partial charge in [-0.2, -0.15) is 0 Å². The van der Waals surface area contributed by atoms with Crippen LogP contribution in [0.15, 0.2) is 71.1 Å². The lowest BCUT2D eigenvalue weighted by atomic mass is 10.2. The van der Waals surface area contributed by atoms with E-state index in [9.17, 15) is 9.59 Å². The van der Waals surface area contributed by atoms with Crippen LogP contribution >= 0.6 is 23.4 Å². The molecule has 1 atom stereocenters. The lowest BCUT2D eigenvalue weighted by Gasteiger charge is -2.24. The Balaban J connectivity index is 1.97. The molecule has 0 saturated carbocycles. The molecule has 1 unspecified atom stereocenters. The molecule has 0 spiro atoms. The van der Waals surface area contributed by atoms with Gasteiger partial charge in [0.25, 0.3) is 5.56 Å². The van der Waals surface area contributed by atoms with Crippen molar-refractivity contribution in [3.05, 3.63) is 76.6 Å². The number of fused-ring (bicyclic) bond motifs is 1. The number of hydrogen-bond acceptors (Lipinski definition) is 4. The van der Waals surface area contributed by atoms with E-state index >= 15 is 0 Å². The summed E-state index contributed by atoms with van der Waals surface area (Å²) in [5.74, 6) is -0.0470. The number of aromatic nitrogens is 2. The molecule has 1 aromatic heterocycles. The minimum Gasteiger partial charge on any atom is -0.312 e. The summed E-state index contributed by atoms with van der Waals surface area (Å²) in [6.45, 7) is 8.35. The number of amides is 1. The fourth-order valence-electron chi connectivity index (χ4n) is 3.06. The summed E-state index contributed by atoms with van der Waals surface area (Å²) >= 11 is 7.34. The number of para-hydroxylation sites is 1. The molecule has 2 aromatic carbocycles. The SMILES string of the molecule is C=CCn1c(SC(C)C(=O)N(CC)c2ccccc2)nc2cc(Cl)ccc2c1=O. The van der Waals surface area contributed by atoms with Gasteiger partial charge in [0.05, 0.1) is 16.2 Å². The Morgan fingerprint density at radius 1 is 1.31 bits per heavy atom. The minimum atomic E-state index is -0.435. The standard InChI is InChI=1S/C22H22ClN3O2S/c1-4-13-26-21(28)18-12-11-16(23)14-19(18)24-22(26)29-15(3)20(27)25(5-2)17-9-7-6-8-10-17/h4,6-12,14-15H,1,5,13H2,2-3H3. The Morgan fingerprint density at radius 3 is 2.69 bits per heavy atom. The monoisotopic (exact) mass is 427 g/mol. The molecule has 0 aliphatic carbocycles. The summed E-state index contributed by atoms with van der Waals surface area (Å²) in [7, 11) is 0. The zero-order chi connectivity index (χ0) is 21.0. The molecule has 0 aliphatic heterocycles. The third-order valence-electron chi connectivity index (χ3n) is 4.47. The topological polar surface area (TPSA) is 55.2 Å². The van der Waals surface area contributed by atoms with E-state index in [1.54, 1.807) is 29.2 Å². The molecule has 0 fully saturated rings. The van der Waals surface area contributed by atoms with Gasteiger partial charge in [0.2, 0.25) is 5.91 Å². The second kappa shape index (κ2) is 9.29. The van der Waals surface area contributed by atoms with Crippen LogP contribution in [0.2, 0.25) is 5.02 Å². The average molecular weight is 428 g/mol. The molecule has 1 amide bonds. The molecule has 0 saturated heterocycles. The predicted molar refractivity (Wildman–Crippen MR) is 121 cm³/mol. The number of anilines is 1. The zero-order valence-electron chi connectivity index (χ0n) is 16.3. The Bertz CT molecular complexity index is 1100.